The highest BCUT2D eigenvalue weighted by Crippen LogP contribution is 2.15. The molecule has 86 valence electrons. The molecule has 0 aliphatic heterocycles. The third kappa shape index (κ3) is 3.65. The first-order valence-electron chi connectivity index (χ1n) is 5.59. The van der Waals surface area contributed by atoms with E-state index < -0.39 is 0 Å². The molecule has 0 aliphatic carbocycles. The molecule has 0 aromatic heterocycles. The highest BCUT2D eigenvalue weighted by molar-refractivity contribution is 5.25. The summed E-state index contributed by atoms with van der Waals surface area (Å²) < 4.78 is 0. The Morgan fingerprint density at radius 2 is 2.06 bits per heavy atom. The molecule has 0 heterocycles. The maximum absolute atomic E-state index is 9.15. The number of benzene rings is 1. The number of aliphatic hydroxyl groups excluding tert-OH is 1. The van der Waals surface area contributed by atoms with Crippen molar-refractivity contribution < 1.29 is 5.11 Å². The first-order chi connectivity index (χ1) is 7.81. The summed E-state index contributed by atoms with van der Waals surface area (Å²) in [6, 6.07) is 12.1. The van der Waals surface area contributed by atoms with Gasteiger partial charge in [-0.1, -0.05) is 37.3 Å². The van der Waals surface area contributed by atoms with E-state index in [1.54, 1.807) is 0 Å². The van der Waals surface area contributed by atoms with Crippen LogP contribution in [0.25, 0.3) is 0 Å². The van der Waals surface area contributed by atoms with Crippen LogP contribution in [0.15, 0.2) is 30.3 Å². The SMILES string of the molecule is CCN(CCO)CC(C#N)c1ccccc1. The number of hydrogen-bond acceptors (Lipinski definition) is 3. The smallest absolute Gasteiger partial charge is 0.0839 e. The quantitative estimate of drug-likeness (QED) is 0.789. The predicted octanol–water partition coefficient (Wildman–Crippen LogP) is 1.61. The standard InChI is InChI=1S/C13H18N2O/c1-2-15(8-9-16)11-13(10-14)12-6-4-3-5-7-12/h3-7,13,16H,2,8-9,11H2,1H3. The van der Waals surface area contributed by atoms with Crippen LogP contribution in [0.2, 0.25) is 0 Å². The number of hydrogen-bond donors (Lipinski definition) is 1. The molecule has 0 aliphatic rings. The van der Waals surface area contributed by atoms with E-state index in [0.29, 0.717) is 13.1 Å². The van der Waals surface area contributed by atoms with Crippen molar-refractivity contribution in [3.05, 3.63) is 35.9 Å². The number of likely N-dealkylation sites (N-methyl/N-ethyl adjacent to an activating group) is 1. The van der Waals surface area contributed by atoms with Gasteiger partial charge in [-0.3, -0.25) is 4.90 Å². The zero-order valence-electron chi connectivity index (χ0n) is 9.63. The van der Waals surface area contributed by atoms with E-state index in [2.05, 4.69) is 11.0 Å². The van der Waals surface area contributed by atoms with Crippen LogP contribution in [0, 0.1) is 11.3 Å². The molecule has 1 unspecified atom stereocenters. The highest BCUT2D eigenvalue weighted by atomic mass is 16.3. The fourth-order valence-corrected chi connectivity index (χ4v) is 1.68. The van der Waals surface area contributed by atoms with Crippen molar-refractivity contribution in [2.75, 3.05) is 26.2 Å². The zero-order valence-corrected chi connectivity index (χ0v) is 9.63. The second-order valence-corrected chi connectivity index (χ2v) is 3.71. The van der Waals surface area contributed by atoms with Crippen LogP contribution in [0.3, 0.4) is 0 Å². The van der Waals surface area contributed by atoms with Crippen LogP contribution >= 0.6 is 0 Å². The van der Waals surface area contributed by atoms with Crippen LogP contribution in [0.4, 0.5) is 0 Å². The largest absolute Gasteiger partial charge is 0.395 e. The monoisotopic (exact) mass is 218 g/mol. The summed E-state index contributed by atoms with van der Waals surface area (Å²) >= 11 is 0. The van der Waals surface area contributed by atoms with Crippen molar-refractivity contribution in [1.82, 2.24) is 4.90 Å². The van der Waals surface area contributed by atoms with Crippen molar-refractivity contribution >= 4 is 0 Å². The van der Waals surface area contributed by atoms with Gasteiger partial charge in [0.05, 0.1) is 18.6 Å². The van der Waals surface area contributed by atoms with E-state index in [1.165, 1.54) is 0 Å². The molecule has 0 saturated carbocycles. The summed E-state index contributed by atoms with van der Waals surface area (Å²) in [5.74, 6) is -0.118. The van der Waals surface area contributed by atoms with Crippen molar-refractivity contribution in [3.63, 3.8) is 0 Å². The lowest BCUT2D eigenvalue weighted by Gasteiger charge is -2.22. The lowest BCUT2D eigenvalue weighted by atomic mass is 10.0. The van der Waals surface area contributed by atoms with Gasteiger partial charge >= 0.3 is 0 Å². The fraction of sp³-hybridized carbons (Fsp3) is 0.462. The minimum absolute atomic E-state index is 0.118. The van der Waals surface area contributed by atoms with Crippen LogP contribution in [0.5, 0.6) is 0 Å². The van der Waals surface area contributed by atoms with Crippen molar-refractivity contribution in [2.45, 2.75) is 12.8 Å². The summed E-state index contributed by atoms with van der Waals surface area (Å²) in [6.45, 7) is 4.33. The molecule has 1 aromatic rings. The van der Waals surface area contributed by atoms with Crippen LogP contribution in [-0.4, -0.2) is 36.2 Å². The molecular formula is C13H18N2O. The molecule has 0 fully saturated rings. The Morgan fingerprint density at radius 3 is 2.56 bits per heavy atom. The number of nitriles is 1. The van der Waals surface area contributed by atoms with Gasteiger partial charge in [-0.2, -0.15) is 5.26 Å². The molecule has 0 saturated heterocycles. The second kappa shape index (κ2) is 7.00. The van der Waals surface area contributed by atoms with Gasteiger partial charge in [-0.15, -0.1) is 0 Å². The molecule has 1 aromatic carbocycles. The van der Waals surface area contributed by atoms with Crippen LogP contribution < -0.4 is 0 Å². The molecule has 0 radical (unpaired) electrons. The fourth-order valence-electron chi connectivity index (χ4n) is 1.68. The first-order valence-corrected chi connectivity index (χ1v) is 5.59. The Balaban J connectivity index is 2.66. The van der Waals surface area contributed by atoms with Gasteiger partial charge in [-0.05, 0) is 12.1 Å². The molecule has 1 N–H and O–H groups in total. The summed E-state index contributed by atoms with van der Waals surface area (Å²) in [5.41, 5.74) is 1.04. The maximum atomic E-state index is 9.15. The minimum Gasteiger partial charge on any atom is -0.395 e. The molecule has 3 nitrogen and oxygen atoms in total. The zero-order chi connectivity index (χ0) is 11.8. The number of aliphatic hydroxyl groups is 1. The summed E-state index contributed by atoms with van der Waals surface area (Å²) in [4.78, 5) is 2.08. The molecule has 3 heteroatoms. The molecule has 1 rings (SSSR count). The van der Waals surface area contributed by atoms with Gasteiger partial charge in [0.25, 0.3) is 0 Å². The van der Waals surface area contributed by atoms with Crippen molar-refractivity contribution in [3.8, 4) is 6.07 Å². The summed E-state index contributed by atoms with van der Waals surface area (Å²) in [6.07, 6.45) is 0. The Morgan fingerprint density at radius 1 is 1.38 bits per heavy atom. The molecule has 0 amide bonds. The van der Waals surface area contributed by atoms with Gasteiger partial charge in [0.15, 0.2) is 0 Å². The maximum Gasteiger partial charge on any atom is 0.0839 e. The van der Waals surface area contributed by atoms with E-state index in [9.17, 15) is 0 Å². The van der Waals surface area contributed by atoms with Crippen LogP contribution in [-0.2, 0) is 0 Å². The lowest BCUT2D eigenvalue weighted by molar-refractivity contribution is 0.200. The molecule has 0 spiro atoms. The molecule has 0 bridgehead atoms. The van der Waals surface area contributed by atoms with E-state index >= 15 is 0 Å². The van der Waals surface area contributed by atoms with E-state index in [0.717, 1.165) is 12.1 Å². The van der Waals surface area contributed by atoms with E-state index in [4.69, 9.17) is 10.4 Å². The molecule has 1 atom stereocenters. The normalized spacial score (nSPS) is 12.4. The lowest BCUT2D eigenvalue weighted by Crippen LogP contribution is -2.30. The van der Waals surface area contributed by atoms with E-state index in [-0.39, 0.29) is 12.5 Å². The molecular weight excluding hydrogens is 200 g/mol. The Kier molecular flexibility index (Phi) is 5.55. The molecule has 16 heavy (non-hydrogen) atoms. The number of nitrogens with zero attached hydrogens (tertiary/aromatic N) is 2. The Labute approximate surface area is 96.9 Å². The van der Waals surface area contributed by atoms with Gasteiger partial charge < -0.3 is 5.11 Å². The van der Waals surface area contributed by atoms with Gasteiger partial charge in [0.1, 0.15) is 0 Å². The average molecular weight is 218 g/mol. The number of rotatable bonds is 6. The van der Waals surface area contributed by atoms with Gasteiger partial charge in [0, 0.05) is 13.1 Å². The second-order valence-electron chi connectivity index (χ2n) is 3.71. The third-order valence-electron chi connectivity index (χ3n) is 2.66. The third-order valence-corrected chi connectivity index (χ3v) is 2.66. The highest BCUT2D eigenvalue weighted by Gasteiger charge is 2.13. The summed E-state index contributed by atoms with van der Waals surface area (Å²) in [7, 11) is 0. The first kappa shape index (κ1) is 12.7. The Bertz CT molecular complexity index is 332. The van der Waals surface area contributed by atoms with Crippen molar-refractivity contribution in [2.24, 2.45) is 0 Å². The van der Waals surface area contributed by atoms with Crippen molar-refractivity contribution in [1.29, 1.82) is 5.26 Å². The summed E-state index contributed by atoms with van der Waals surface area (Å²) in [5, 5.41) is 18.1. The average Bonchev–Trinajstić information content (AvgIpc) is 2.35. The minimum atomic E-state index is -0.118. The Hall–Kier alpha value is -1.37. The van der Waals surface area contributed by atoms with Crippen LogP contribution in [0.1, 0.15) is 18.4 Å². The van der Waals surface area contributed by atoms with Gasteiger partial charge in [0.2, 0.25) is 0 Å². The van der Waals surface area contributed by atoms with Gasteiger partial charge in [-0.25, -0.2) is 0 Å². The topological polar surface area (TPSA) is 47.3 Å². The van der Waals surface area contributed by atoms with E-state index in [1.807, 2.05) is 37.3 Å². The predicted molar refractivity (Wildman–Crippen MR) is 64.0 cm³/mol.